The van der Waals surface area contributed by atoms with Gasteiger partial charge in [0, 0.05) is 5.69 Å². The highest BCUT2D eigenvalue weighted by Gasteiger charge is 2.02. The van der Waals surface area contributed by atoms with Crippen molar-refractivity contribution in [2.45, 2.75) is 13.5 Å². The van der Waals surface area contributed by atoms with Crippen LogP contribution in [0.4, 0.5) is 5.13 Å². The van der Waals surface area contributed by atoms with Gasteiger partial charge in [0.2, 0.25) is 5.13 Å². The number of nitrogens with zero attached hydrogens (tertiary/aromatic N) is 3. The van der Waals surface area contributed by atoms with E-state index in [4.69, 9.17) is 10.5 Å². The smallest absolute Gasteiger partial charge is 0.296 e. The summed E-state index contributed by atoms with van der Waals surface area (Å²) in [6.07, 6.45) is 0. The average molecular weight is 222 g/mol. The summed E-state index contributed by atoms with van der Waals surface area (Å²) in [6, 6.07) is 5.78. The number of nitrogen functional groups attached to an aromatic ring is 1. The van der Waals surface area contributed by atoms with Crippen LogP contribution in [0.5, 0.6) is 5.19 Å². The van der Waals surface area contributed by atoms with Crippen molar-refractivity contribution in [2.24, 2.45) is 0 Å². The zero-order valence-corrected chi connectivity index (χ0v) is 8.99. The normalized spacial score (nSPS) is 10.2. The van der Waals surface area contributed by atoms with E-state index >= 15 is 0 Å². The maximum Gasteiger partial charge on any atom is 0.296 e. The van der Waals surface area contributed by atoms with Crippen LogP contribution in [0, 0.1) is 6.92 Å². The van der Waals surface area contributed by atoms with Crippen LogP contribution in [0.2, 0.25) is 0 Å². The molecule has 0 aromatic carbocycles. The Morgan fingerprint density at radius 3 is 2.93 bits per heavy atom. The lowest BCUT2D eigenvalue weighted by Gasteiger charge is -2.01. The SMILES string of the molecule is Cc1cccc(COc2nnc(N)s2)n1. The van der Waals surface area contributed by atoms with Crippen molar-refractivity contribution in [3.05, 3.63) is 29.6 Å². The predicted molar refractivity (Wildman–Crippen MR) is 57.6 cm³/mol. The Bertz CT molecular complexity index is 457. The first-order valence-electron chi connectivity index (χ1n) is 4.38. The summed E-state index contributed by atoms with van der Waals surface area (Å²) < 4.78 is 5.37. The molecule has 0 saturated carbocycles. The summed E-state index contributed by atoms with van der Waals surface area (Å²) >= 11 is 1.22. The van der Waals surface area contributed by atoms with Crippen molar-refractivity contribution in [3.63, 3.8) is 0 Å². The molecule has 0 aliphatic heterocycles. The van der Waals surface area contributed by atoms with Gasteiger partial charge in [-0.15, -0.1) is 5.10 Å². The van der Waals surface area contributed by atoms with Crippen molar-refractivity contribution in [1.29, 1.82) is 0 Å². The van der Waals surface area contributed by atoms with Gasteiger partial charge in [-0.1, -0.05) is 11.2 Å². The van der Waals surface area contributed by atoms with Gasteiger partial charge in [0.1, 0.15) is 6.61 Å². The topological polar surface area (TPSA) is 73.9 Å². The van der Waals surface area contributed by atoms with E-state index in [0.717, 1.165) is 11.4 Å². The molecule has 2 heterocycles. The number of aromatic nitrogens is 3. The van der Waals surface area contributed by atoms with E-state index < -0.39 is 0 Å². The Labute approximate surface area is 90.9 Å². The summed E-state index contributed by atoms with van der Waals surface area (Å²) in [5.74, 6) is 0. The Morgan fingerprint density at radius 1 is 1.40 bits per heavy atom. The Hall–Kier alpha value is -1.69. The Morgan fingerprint density at radius 2 is 2.27 bits per heavy atom. The molecule has 0 amide bonds. The standard InChI is InChI=1S/C9H10N4OS/c1-6-3-2-4-7(11-6)5-14-9-13-12-8(10)15-9/h2-4H,5H2,1H3,(H2,10,12). The minimum absolute atomic E-state index is 0.385. The molecule has 15 heavy (non-hydrogen) atoms. The van der Waals surface area contributed by atoms with E-state index in [1.165, 1.54) is 11.3 Å². The van der Waals surface area contributed by atoms with Gasteiger partial charge in [-0.3, -0.25) is 4.98 Å². The van der Waals surface area contributed by atoms with Crippen LogP contribution in [0.1, 0.15) is 11.4 Å². The van der Waals surface area contributed by atoms with E-state index in [1.807, 2.05) is 25.1 Å². The van der Waals surface area contributed by atoms with E-state index in [0.29, 0.717) is 16.9 Å². The number of anilines is 1. The fourth-order valence-corrected chi connectivity index (χ4v) is 1.55. The molecule has 2 rings (SSSR count). The first-order chi connectivity index (χ1) is 7.24. The third kappa shape index (κ3) is 2.63. The summed E-state index contributed by atoms with van der Waals surface area (Å²) in [5, 5.41) is 8.27. The minimum Gasteiger partial charge on any atom is -0.462 e. The molecule has 0 saturated heterocycles. The van der Waals surface area contributed by atoms with Crippen LogP contribution in [-0.2, 0) is 6.61 Å². The van der Waals surface area contributed by atoms with E-state index in [1.54, 1.807) is 0 Å². The van der Waals surface area contributed by atoms with E-state index in [-0.39, 0.29) is 0 Å². The molecular weight excluding hydrogens is 212 g/mol. The van der Waals surface area contributed by atoms with Crippen molar-refractivity contribution >= 4 is 16.5 Å². The van der Waals surface area contributed by atoms with Gasteiger partial charge < -0.3 is 10.5 Å². The van der Waals surface area contributed by atoms with Crippen LogP contribution in [0.15, 0.2) is 18.2 Å². The van der Waals surface area contributed by atoms with Crippen molar-refractivity contribution in [3.8, 4) is 5.19 Å². The number of ether oxygens (including phenoxy) is 1. The van der Waals surface area contributed by atoms with Crippen LogP contribution in [0.3, 0.4) is 0 Å². The molecule has 2 N–H and O–H groups in total. The second-order valence-electron chi connectivity index (χ2n) is 2.97. The van der Waals surface area contributed by atoms with E-state index in [2.05, 4.69) is 15.2 Å². The molecule has 0 aliphatic carbocycles. The molecular formula is C9H10N4OS. The largest absolute Gasteiger partial charge is 0.462 e. The van der Waals surface area contributed by atoms with Crippen molar-refractivity contribution in [2.75, 3.05) is 5.73 Å². The minimum atomic E-state index is 0.385. The molecule has 5 nitrogen and oxygen atoms in total. The number of nitrogens with two attached hydrogens (primary N) is 1. The summed E-state index contributed by atoms with van der Waals surface area (Å²) in [5.41, 5.74) is 7.25. The van der Waals surface area contributed by atoms with Gasteiger partial charge in [0.25, 0.3) is 5.19 Å². The van der Waals surface area contributed by atoms with Crippen molar-refractivity contribution < 1.29 is 4.74 Å². The fourth-order valence-electron chi connectivity index (χ4n) is 1.09. The lowest BCUT2D eigenvalue weighted by molar-refractivity contribution is 0.297. The molecule has 0 aliphatic rings. The first kappa shape index (κ1) is 9.85. The van der Waals surface area contributed by atoms with E-state index in [9.17, 15) is 0 Å². The lowest BCUT2D eigenvalue weighted by atomic mass is 10.3. The average Bonchev–Trinajstić information content (AvgIpc) is 2.62. The molecule has 0 spiro atoms. The van der Waals surface area contributed by atoms with Gasteiger partial charge in [-0.05, 0) is 30.4 Å². The highest BCUT2D eigenvalue weighted by atomic mass is 32.1. The summed E-state index contributed by atoms with van der Waals surface area (Å²) in [4.78, 5) is 4.30. The van der Waals surface area contributed by atoms with Crippen LogP contribution < -0.4 is 10.5 Å². The van der Waals surface area contributed by atoms with Crippen LogP contribution >= 0.6 is 11.3 Å². The first-order valence-corrected chi connectivity index (χ1v) is 5.20. The Kier molecular flexibility index (Phi) is 2.77. The van der Waals surface area contributed by atoms with Gasteiger partial charge >= 0.3 is 0 Å². The summed E-state index contributed by atoms with van der Waals surface area (Å²) in [7, 11) is 0. The highest BCUT2D eigenvalue weighted by molar-refractivity contribution is 7.16. The monoisotopic (exact) mass is 222 g/mol. The molecule has 0 radical (unpaired) electrons. The molecule has 0 fully saturated rings. The van der Waals surface area contributed by atoms with Gasteiger partial charge in [-0.2, -0.15) is 0 Å². The molecule has 6 heteroatoms. The number of rotatable bonds is 3. The zero-order chi connectivity index (χ0) is 10.7. The van der Waals surface area contributed by atoms with Crippen molar-refractivity contribution in [1.82, 2.24) is 15.2 Å². The summed E-state index contributed by atoms with van der Waals surface area (Å²) in [6.45, 7) is 2.32. The predicted octanol–water partition coefficient (Wildman–Crippen LogP) is 1.40. The molecule has 78 valence electrons. The number of hydrogen-bond acceptors (Lipinski definition) is 6. The maximum atomic E-state index is 5.42. The fraction of sp³-hybridized carbons (Fsp3) is 0.222. The molecule has 2 aromatic rings. The molecule has 2 aromatic heterocycles. The second kappa shape index (κ2) is 4.22. The van der Waals surface area contributed by atoms with Crippen LogP contribution in [0.25, 0.3) is 0 Å². The Balaban J connectivity index is 1.99. The zero-order valence-electron chi connectivity index (χ0n) is 8.17. The quantitative estimate of drug-likeness (QED) is 0.849. The molecule has 0 atom stereocenters. The molecule has 0 bridgehead atoms. The molecule has 0 unspecified atom stereocenters. The van der Waals surface area contributed by atoms with Crippen LogP contribution in [-0.4, -0.2) is 15.2 Å². The lowest BCUT2D eigenvalue weighted by Crippen LogP contribution is -1.98. The van der Waals surface area contributed by atoms with Gasteiger partial charge in [-0.25, -0.2) is 0 Å². The highest BCUT2D eigenvalue weighted by Crippen LogP contribution is 2.19. The number of pyridine rings is 1. The second-order valence-corrected chi connectivity index (χ2v) is 3.94. The van der Waals surface area contributed by atoms with Gasteiger partial charge in [0.05, 0.1) is 5.69 Å². The third-order valence-electron chi connectivity index (χ3n) is 1.71. The van der Waals surface area contributed by atoms with Gasteiger partial charge in [0.15, 0.2) is 0 Å². The number of aryl methyl sites for hydroxylation is 1. The maximum absolute atomic E-state index is 5.42. The number of hydrogen-bond donors (Lipinski definition) is 1. The third-order valence-corrected chi connectivity index (χ3v) is 2.38.